The number of ether oxygens (including phenoxy) is 2. The van der Waals surface area contributed by atoms with Gasteiger partial charge in [-0.25, -0.2) is 4.98 Å². The fourth-order valence-corrected chi connectivity index (χ4v) is 3.02. The van der Waals surface area contributed by atoms with Crippen LogP contribution in [0.15, 0.2) is 53.7 Å². The van der Waals surface area contributed by atoms with Crippen LogP contribution in [-0.2, 0) is 29.7 Å². The fraction of sp³-hybridized carbons (Fsp3) is 0.200. The van der Waals surface area contributed by atoms with Crippen molar-refractivity contribution >= 4 is 27.8 Å². The summed E-state index contributed by atoms with van der Waals surface area (Å²) in [7, 11) is 3.33. The highest BCUT2D eigenvalue weighted by Crippen LogP contribution is 2.22. The number of nitrogens with zero attached hydrogens (tertiary/aromatic N) is 4. The molecule has 0 aliphatic heterocycles. The van der Waals surface area contributed by atoms with E-state index < -0.39 is 5.97 Å². The van der Waals surface area contributed by atoms with Crippen LogP contribution in [0.3, 0.4) is 0 Å². The second-order valence-electron chi connectivity index (χ2n) is 6.39. The third-order valence-electron chi connectivity index (χ3n) is 4.53. The third kappa shape index (κ3) is 3.32. The Morgan fingerprint density at radius 1 is 1.14 bits per heavy atom. The molecule has 2 aromatic heterocycles. The van der Waals surface area contributed by atoms with E-state index in [9.17, 15) is 9.59 Å². The van der Waals surface area contributed by atoms with Gasteiger partial charge in [0.15, 0.2) is 5.65 Å². The van der Waals surface area contributed by atoms with Crippen LogP contribution >= 0.6 is 0 Å². The molecule has 0 aliphatic carbocycles. The summed E-state index contributed by atoms with van der Waals surface area (Å²) in [5.74, 6) is 0.276. The SMILES string of the molecule is COc1ccc2cc(COC(=O)Cn3cnc4c(cnn4C)c3=O)ccc2c1. The molecule has 4 aromatic rings. The highest BCUT2D eigenvalue weighted by atomic mass is 16.5. The van der Waals surface area contributed by atoms with E-state index in [0.717, 1.165) is 22.1 Å². The first kappa shape index (κ1) is 17.7. The lowest BCUT2D eigenvalue weighted by Crippen LogP contribution is -2.25. The van der Waals surface area contributed by atoms with E-state index in [4.69, 9.17) is 9.47 Å². The summed E-state index contributed by atoms with van der Waals surface area (Å²) in [6, 6.07) is 11.6. The van der Waals surface area contributed by atoms with Crippen LogP contribution in [0.25, 0.3) is 21.8 Å². The van der Waals surface area contributed by atoms with Crippen LogP contribution in [0.1, 0.15) is 5.56 Å². The van der Waals surface area contributed by atoms with Crippen LogP contribution in [-0.4, -0.2) is 32.4 Å². The lowest BCUT2D eigenvalue weighted by molar-refractivity contribution is -0.145. The topological polar surface area (TPSA) is 88.2 Å². The maximum Gasteiger partial charge on any atom is 0.326 e. The van der Waals surface area contributed by atoms with Gasteiger partial charge in [-0.15, -0.1) is 0 Å². The van der Waals surface area contributed by atoms with Crippen LogP contribution in [0.5, 0.6) is 5.75 Å². The Balaban J connectivity index is 1.45. The Hall–Kier alpha value is -3.68. The van der Waals surface area contributed by atoms with Gasteiger partial charge < -0.3 is 9.47 Å². The molecule has 0 bridgehead atoms. The lowest BCUT2D eigenvalue weighted by Gasteiger charge is -2.08. The van der Waals surface area contributed by atoms with Gasteiger partial charge in [0.2, 0.25) is 0 Å². The highest BCUT2D eigenvalue weighted by molar-refractivity contribution is 5.84. The summed E-state index contributed by atoms with van der Waals surface area (Å²) in [6.45, 7) is -0.0838. The van der Waals surface area contributed by atoms with E-state index >= 15 is 0 Å². The number of hydrogen-bond donors (Lipinski definition) is 0. The molecule has 0 fully saturated rings. The number of rotatable bonds is 5. The number of aryl methyl sites for hydroxylation is 1. The molecule has 8 heteroatoms. The lowest BCUT2D eigenvalue weighted by atomic mass is 10.1. The van der Waals surface area contributed by atoms with Gasteiger partial charge in [0, 0.05) is 7.05 Å². The van der Waals surface area contributed by atoms with Crippen molar-refractivity contribution in [1.82, 2.24) is 19.3 Å². The number of aromatic nitrogens is 4. The smallest absolute Gasteiger partial charge is 0.326 e. The van der Waals surface area contributed by atoms with Crippen molar-refractivity contribution in [2.45, 2.75) is 13.2 Å². The number of methoxy groups -OCH3 is 1. The zero-order chi connectivity index (χ0) is 19.7. The Morgan fingerprint density at radius 3 is 2.75 bits per heavy atom. The first-order valence-corrected chi connectivity index (χ1v) is 8.64. The van der Waals surface area contributed by atoms with Gasteiger partial charge in [-0.2, -0.15) is 5.10 Å². The normalized spacial score (nSPS) is 11.1. The number of carbonyl (C=O) groups is 1. The second kappa shape index (κ2) is 7.15. The van der Waals surface area contributed by atoms with Crippen molar-refractivity contribution in [3.63, 3.8) is 0 Å². The number of esters is 1. The summed E-state index contributed by atoms with van der Waals surface area (Å²) in [5.41, 5.74) is 1.01. The summed E-state index contributed by atoms with van der Waals surface area (Å²) >= 11 is 0. The van der Waals surface area contributed by atoms with Gasteiger partial charge in [0.25, 0.3) is 5.56 Å². The van der Waals surface area contributed by atoms with Crippen molar-refractivity contribution in [2.75, 3.05) is 7.11 Å². The van der Waals surface area contributed by atoms with E-state index in [1.165, 1.54) is 21.8 Å². The molecule has 2 heterocycles. The number of hydrogen-bond acceptors (Lipinski definition) is 6. The van der Waals surface area contributed by atoms with Gasteiger partial charge in [0.05, 0.1) is 13.3 Å². The molecule has 4 rings (SSSR count). The predicted molar refractivity (Wildman–Crippen MR) is 103 cm³/mol. The van der Waals surface area contributed by atoms with Crippen LogP contribution < -0.4 is 10.3 Å². The Bertz CT molecular complexity index is 1240. The molecule has 142 valence electrons. The second-order valence-corrected chi connectivity index (χ2v) is 6.39. The minimum absolute atomic E-state index is 0.123. The number of fused-ring (bicyclic) bond motifs is 2. The number of benzene rings is 2. The van der Waals surface area contributed by atoms with Crippen molar-refractivity contribution in [1.29, 1.82) is 0 Å². The molecule has 0 radical (unpaired) electrons. The highest BCUT2D eigenvalue weighted by Gasteiger charge is 2.12. The average molecular weight is 378 g/mol. The van der Waals surface area contributed by atoms with Crippen LogP contribution in [0, 0.1) is 0 Å². The summed E-state index contributed by atoms with van der Waals surface area (Å²) in [6.07, 6.45) is 2.77. The number of carbonyl (C=O) groups excluding carboxylic acids is 1. The zero-order valence-electron chi connectivity index (χ0n) is 15.5. The molecule has 0 unspecified atom stereocenters. The first-order valence-electron chi connectivity index (χ1n) is 8.64. The van der Waals surface area contributed by atoms with Crippen molar-refractivity contribution in [3.05, 3.63) is 64.8 Å². The van der Waals surface area contributed by atoms with Crippen LogP contribution in [0.4, 0.5) is 0 Å². The van der Waals surface area contributed by atoms with Gasteiger partial charge in [-0.1, -0.05) is 18.2 Å². The first-order chi connectivity index (χ1) is 13.5. The Morgan fingerprint density at radius 2 is 1.93 bits per heavy atom. The Kier molecular flexibility index (Phi) is 4.52. The maximum atomic E-state index is 12.4. The van der Waals surface area contributed by atoms with Crippen LogP contribution in [0.2, 0.25) is 0 Å². The molecule has 2 aromatic carbocycles. The molecular weight excluding hydrogens is 360 g/mol. The molecule has 0 saturated heterocycles. The standard InChI is InChI=1S/C20H18N4O4/c1-23-19-17(9-22-23)20(26)24(12-21-19)10-18(25)28-11-13-3-4-15-8-16(27-2)6-5-14(15)7-13/h3-9,12H,10-11H2,1-2H3. The van der Waals surface area contributed by atoms with Gasteiger partial charge >= 0.3 is 5.97 Å². The minimum Gasteiger partial charge on any atom is -0.497 e. The predicted octanol–water partition coefficient (Wildman–Crippen LogP) is 2.04. The quantitative estimate of drug-likeness (QED) is 0.494. The van der Waals surface area contributed by atoms with E-state index in [0.29, 0.717) is 11.0 Å². The van der Waals surface area contributed by atoms with E-state index in [-0.39, 0.29) is 18.7 Å². The third-order valence-corrected chi connectivity index (χ3v) is 4.53. The maximum absolute atomic E-state index is 12.4. The summed E-state index contributed by atoms with van der Waals surface area (Å²) in [4.78, 5) is 28.7. The molecule has 0 amide bonds. The molecule has 0 N–H and O–H groups in total. The fourth-order valence-electron chi connectivity index (χ4n) is 3.02. The molecule has 0 saturated carbocycles. The molecular formula is C20H18N4O4. The van der Waals surface area contributed by atoms with E-state index in [1.54, 1.807) is 14.2 Å². The molecule has 8 nitrogen and oxygen atoms in total. The Labute approximate surface area is 159 Å². The van der Waals surface area contributed by atoms with Crippen molar-refractivity contribution in [2.24, 2.45) is 7.05 Å². The summed E-state index contributed by atoms with van der Waals surface area (Å²) in [5, 5.41) is 6.43. The van der Waals surface area contributed by atoms with Gasteiger partial charge in [-0.05, 0) is 34.5 Å². The summed E-state index contributed by atoms with van der Waals surface area (Å²) < 4.78 is 13.3. The molecule has 0 atom stereocenters. The van der Waals surface area contributed by atoms with E-state index in [2.05, 4.69) is 10.1 Å². The van der Waals surface area contributed by atoms with E-state index in [1.807, 2.05) is 36.4 Å². The molecule has 0 spiro atoms. The van der Waals surface area contributed by atoms with Crippen molar-refractivity contribution < 1.29 is 14.3 Å². The monoisotopic (exact) mass is 378 g/mol. The van der Waals surface area contributed by atoms with Crippen molar-refractivity contribution in [3.8, 4) is 5.75 Å². The largest absolute Gasteiger partial charge is 0.497 e. The zero-order valence-corrected chi connectivity index (χ0v) is 15.5. The van der Waals surface area contributed by atoms with Gasteiger partial charge in [0.1, 0.15) is 30.6 Å². The molecule has 0 aliphatic rings. The average Bonchev–Trinajstić information content (AvgIpc) is 3.09. The van der Waals surface area contributed by atoms with Gasteiger partial charge in [-0.3, -0.25) is 18.8 Å². The molecule has 28 heavy (non-hydrogen) atoms. The minimum atomic E-state index is -0.512.